The normalized spacial score (nSPS) is 30.6. The standard InChI is InChI=1S/C9H15NO2/c1-2-12-8(11)7-5-9(3-4-9)6-10-7/h7,10H,2-6H2,1H3/t7-/m1/s1. The predicted octanol–water partition coefficient (Wildman–Crippen LogP) is 0.692. The van der Waals surface area contributed by atoms with Crippen molar-refractivity contribution in [2.45, 2.75) is 32.2 Å². The molecule has 3 nitrogen and oxygen atoms in total. The fourth-order valence-electron chi connectivity index (χ4n) is 1.88. The van der Waals surface area contributed by atoms with Crippen LogP contribution in [0.3, 0.4) is 0 Å². The number of ether oxygens (including phenoxy) is 1. The summed E-state index contributed by atoms with van der Waals surface area (Å²) in [5.74, 6) is -0.0683. The Kier molecular flexibility index (Phi) is 1.83. The van der Waals surface area contributed by atoms with Gasteiger partial charge in [-0.1, -0.05) is 0 Å². The van der Waals surface area contributed by atoms with Crippen LogP contribution in [0.1, 0.15) is 26.2 Å². The van der Waals surface area contributed by atoms with Gasteiger partial charge < -0.3 is 10.1 Å². The van der Waals surface area contributed by atoms with E-state index in [1.165, 1.54) is 12.8 Å². The zero-order chi connectivity index (χ0) is 8.60. The molecule has 1 saturated heterocycles. The minimum atomic E-state index is -0.0683. The van der Waals surface area contributed by atoms with Gasteiger partial charge in [0.1, 0.15) is 6.04 Å². The van der Waals surface area contributed by atoms with Gasteiger partial charge in [0.25, 0.3) is 0 Å². The summed E-state index contributed by atoms with van der Waals surface area (Å²) in [4.78, 5) is 11.3. The topological polar surface area (TPSA) is 38.3 Å². The lowest BCUT2D eigenvalue weighted by Crippen LogP contribution is -2.32. The second-order valence-corrected chi connectivity index (χ2v) is 3.89. The quantitative estimate of drug-likeness (QED) is 0.618. The molecule has 0 unspecified atom stereocenters. The van der Waals surface area contributed by atoms with Crippen LogP contribution in [0.2, 0.25) is 0 Å². The maximum atomic E-state index is 11.3. The second-order valence-electron chi connectivity index (χ2n) is 3.89. The zero-order valence-electron chi connectivity index (χ0n) is 7.43. The fourth-order valence-corrected chi connectivity index (χ4v) is 1.88. The molecule has 1 aliphatic carbocycles. The van der Waals surface area contributed by atoms with E-state index in [2.05, 4.69) is 5.32 Å². The molecule has 2 aliphatic rings. The maximum Gasteiger partial charge on any atom is 0.323 e. The van der Waals surface area contributed by atoms with E-state index in [9.17, 15) is 4.79 Å². The Balaban J connectivity index is 1.86. The first-order chi connectivity index (χ1) is 5.76. The molecular formula is C9H15NO2. The molecule has 1 heterocycles. The molecule has 2 fully saturated rings. The van der Waals surface area contributed by atoms with Crippen LogP contribution < -0.4 is 5.32 Å². The highest BCUT2D eigenvalue weighted by Crippen LogP contribution is 2.51. The highest BCUT2D eigenvalue weighted by Gasteiger charge is 2.50. The minimum Gasteiger partial charge on any atom is -0.465 e. The van der Waals surface area contributed by atoms with Gasteiger partial charge in [0.05, 0.1) is 6.61 Å². The molecule has 68 valence electrons. The van der Waals surface area contributed by atoms with Gasteiger partial charge in [-0.05, 0) is 31.6 Å². The number of carbonyl (C=O) groups excluding carboxylic acids is 1. The first-order valence-electron chi connectivity index (χ1n) is 4.66. The second kappa shape index (κ2) is 2.73. The first-order valence-corrected chi connectivity index (χ1v) is 4.66. The van der Waals surface area contributed by atoms with E-state index in [-0.39, 0.29) is 12.0 Å². The smallest absolute Gasteiger partial charge is 0.323 e. The number of esters is 1. The summed E-state index contributed by atoms with van der Waals surface area (Å²) in [7, 11) is 0. The van der Waals surface area contributed by atoms with Crippen LogP contribution in [0.15, 0.2) is 0 Å². The average Bonchev–Trinajstić information content (AvgIpc) is 2.62. The van der Waals surface area contributed by atoms with Crippen LogP contribution in [0.4, 0.5) is 0 Å². The van der Waals surface area contributed by atoms with Crippen molar-refractivity contribution >= 4 is 5.97 Å². The van der Waals surface area contributed by atoms with E-state index in [0.717, 1.165) is 13.0 Å². The van der Waals surface area contributed by atoms with Crippen molar-refractivity contribution in [1.82, 2.24) is 5.32 Å². The molecule has 0 aromatic carbocycles. The summed E-state index contributed by atoms with van der Waals surface area (Å²) in [6, 6.07) is -0.0209. The van der Waals surface area contributed by atoms with E-state index < -0.39 is 0 Å². The lowest BCUT2D eigenvalue weighted by molar-refractivity contribution is -0.145. The van der Waals surface area contributed by atoms with Gasteiger partial charge >= 0.3 is 5.97 Å². The lowest BCUT2D eigenvalue weighted by atomic mass is 10.0. The zero-order valence-corrected chi connectivity index (χ0v) is 7.43. The SMILES string of the molecule is CCOC(=O)[C@H]1CC2(CC2)CN1. The van der Waals surface area contributed by atoms with E-state index in [1.54, 1.807) is 0 Å². The van der Waals surface area contributed by atoms with Crippen molar-refractivity contribution < 1.29 is 9.53 Å². The predicted molar refractivity (Wildman–Crippen MR) is 44.7 cm³/mol. The van der Waals surface area contributed by atoms with E-state index in [4.69, 9.17) is 4.74 Å². The van der Waals surface area contributed by atoms with Crippen molar-refractivity contribution in [3.05, 3.63) is 0 Å². The molecule has 0 radical (unpaired) electrons. The van der Waals surface area contributed by atoms with Crippen LogP contribution >= 0.6 is 0 Å². The third kappa shape index (κ3) is 1.33. The van der Waals surface area contributed by atoms with Crippen molar-refractivity contribution in [3.8, 4) is 0 Å². The Morgan fingerprint density at radius 3 is 2.92 bits per heavy atom. The summed E-state index contributed by atoms with van der Waals surface area (Å²) >= 11 is 0. The van der Waals surface area contributed by atoms with Crippen LogP contribution in [0.5, 0.6) is 0 Å². The van der Waals surface area contributed by atoms with E-state index in [0.29, 0.717) is 12.0 Å². The van der Waals surface area contributed by atoms with Crippen LogP contribution in [-0.4, -0.2) is 25.2 Å². The third-order valence-electron chi connectivity index (χ3n) is 2.89. The molecule has 1 N–H and O–H groups in total. The summed E-state index contributed by atoms with van der Waals surface area (Å²) in [5, 5.41) is 3.22. The number of nitrogens with one attached hydrogen (secondary N) is 1. The van der Waals surface area contributed by atoms with Gasteiger partial charge in [0.2, 0.25) is 0 Å². The first kappa shape index (κ1) is 8.05. The van der Waals surface area contributed by atoms with Gasteiger partial charge in [0, 0.05) is 6.54 Å². The molecule has 1 atom stereocenters. The Morgan fingerprint density at radius 2 is 2.42 bits per heavy atom. The maximum absolute atomic E-state index is 11.3. The fraction of sp³-hybridized carbons (Fsp3) is 0.889. The van der Waals surface area contributed by atoms with Crippen LogP contribution in [-0.2, 0) is 9.53 Å². The average molecular weight is 169 g/mol. The number of hydrogen-bond acceptors (Lipinski definition) is 3. The molecule has 2 rings (SSSR count). The molecule has 0 bridgehead atoms. The monoisotopic (exact) mass is 169 g/mol. The molecular weight excluding hydrogens is 154 g/mol. The highest BCUT2D eigenvalue weighted by molar-refractivity contribution is 5.76. The van der Waals surface area contributed by atoms with Crippen molar-refractivity contribution in [3.63, 3.8) is 0 Å². The van der Waals surface area contributed by atoms with Crippen molar-refractivity contribution in [2.24, 2.45) is 5.41 Å². The number of rotatable bonds is 2. The van der Waals surface area contributed by atoms with Gasteiger partial charge in [-0.2, -0.15) is 0 Å². The summed E-state index contributed by atoms with van der Waals surface area (Å²) in [6.45, 7) is 3.35. The van der Waals surface area contributed by atoms with Crippen molar-refractivity contribution in [2.75, 3.05) is 13.2 Å². The molecule has 1 spiro atoms. The number of hydrogen-bond donors (Lipinski definition) is 1. The molecule has 1 aliphatic heterocycles. The van der Waals surface area contributed by atoms with Gasteiger partial charge in [0.15, 0.2) is 0 Å². The molecule has 12 heavy (non-hydrogen) atoms. The van der Waals surface area contributed by atoms with Gasteiger partial charge in [-0.3, -0.25) is 4.79 Å². The molecule has 0 aromatic rings. The highest BCUT2D eigenvalue weighted by atomic mass is 16.5. The Hall–Kier alpha value is -0.570. The summed E-state index contributed by atoms with van der Waals surface area (Å²) in [6.07, 6.45) is 3.57. The third-order valence-corrected chi connectivity index (χ3v) is 2.89. The number of carbonyl (C=O) groups is 1. The molecule has 0 amide bonds. The molecule has 0 aromatic heterocycles. The van der Waals surface area contributed by atoms with Gasteiger partial charge in [-0.15, -0.1) is 0 Å². The Morgan fingerprint density at radius 1 is 1.67 bits per heavy atom. The largest absolute Gasteiger partial charge is 0.465 e. The molecule has 3 heteroatoms. The van der Waals surface area contributed by atoms with Crippen LogP contribution in [0, 0.1) is 5.41 Å². The minimum absolute atomic E-state index is 0.0209. The Bertz CT molecular complexity index is 199. The van der Waals surface area contributed by atoms with Crippen molar-refractivity contribution in [1.29, 1.82) is 0 Å². The summed E-state index contributed by atoms with van der Waals surface area (Å²) < 4.78 is 4.95. The molecule has 1 saturated carbocycles. The Labute approximate surface area is 72.5 Å². The van der Waals surface area contributed by atoms with E-state index in [1.807, 2.05) is 6.92 Å². The van der Waals surface area contributed by atoms with E-state index >= 15 is 0 Å². The van der Waals surface area contributed by atoms with Gasteiger partial charge in [-0.25, -0.2) is 0 Å². The lowest BCUT2D eigenvalue weighted by Gasteiger charge is -2.08. The summed E-state index contributed by atoms with van der Waals surface area (Å²) in [5.41, 5.74) is 0.484. The van der Waals surface area contributed by atoms with Crippen LogP contribution in [0.25, 0.3) is 0 Å².